The summed E-state index contributed by atoms with van der Waals surface area (Å²) in [6.07, 6.45) is 3.69. The summed E-state index contributed by atoms with van der Waals surface area (Å²) in [4.78, 5) is 28.9. The van der Waals surface area contributed by atoms with E-state index < -0.39 is 0 Å². The molecule has 2 aliphatic rings. The van der Waals surface area contributed by atoms with Crippen LogP contribution in [0.2, 0.25) is 0 Å². The highest BCUT2D eigenvalue weighted by molar-refractivity contribution is 5.95. The minimum atomic E-state index is -0.0240. The third-order valence-electron chi connectivity index (χ3n) is 5.53. The maximum Gasteiger partial charge on any atom is 0.319 e. The van der Waals surface area contributed by atoms with Crippen molar-refractivity contribution in [1.29, 1.82) is 0 Å². The van der Waals surface area contributed by atoms with Crippen LogP contribution in [0.4, 0.5) is 10.5 Å². The van der Waals surface area contributed by atoms with Crippen molar-refractivity contribution in [3.05, 3.63) is 42.5 Å². The molecule has 2 fully saturated rings. The average molecular weight is 351 g/mol. The van der Waals surface area contributed by atoms with Crippen LogP contribution in [0.5, 0.6) is 0 Å². The number of piperidine rings is 1. The van der Waals surface area contributed by atoms with Gasteiger partial charge in [-0.05, 0) is 48.6 Å². The lowest BCUT2D eigenvalue weighted by molar-refractivity contribution is -0.121. The van der Waals surface area contributed by atoms with Crippen molar-refractivity contribution in [3.63, 3.8) is 0 Å². The Balaban J connectivity index is 1.33. The molecular weight excluding hydrogens is 326 g/mol. The minimum Gasteiger partial charge on any atom is -0.326 e. The van der Waals surface area contributed by atoms with E-state index in [9.17, 15) is 9.59 Å². The Morgan fingerprint density at radius 3 is 2.23 bits per heavy atom. The molecule has 0 spiro atoms. The Morgan fingerprint density at radius 1 is 0.846 bits per heavy atom. The molecule has 2 heterocycles. The predicted octanol–water partition coefficient (Wildman–Crippen LogP) is 3.71. The number of hydrogen-bond donors (Lipinski definition) is 1. The smallest absolute Gasteiger partial charge is 0.319 e. The van der Waals surface area contributed by atoms with Gasteiger partial charge in [0.05, 0.1) is 0 Å². The molecule has 0 saturated carbocycles. The molecule has 0 bridgehead atoms. The first-order valence-electron chi connectivity index (χ1n) is 9.54. The zero-order valence-electron chi connectivity index (χ0n) is 15.0. The van der Waals surface area contributed by atoms with Crippen molar-refractivity contribution in [2.75, 3.05) is 31.5 Å². The summed E-state index contributed by atoms with van der Waals surface area (Å²) < 4.78 is 0. The maximum atomic E-state index is 12.6. The van der Waals surface area contributed by atoms with Crippen LogP contribution in [0.15, 0.2) is 42.5 Å². The molecule has 2 aromatic carbocycles. The van der Waals surface area contributed by atoms with Crippen LogP contribution in [0, 0.1) is 5.92 Å². The van der Waals surface area contributed by atoms with Gasteiger partial charge >= 0.3 is 6.03 Å². The fraction of sp³-hybridized carbons (Fsp3) is 0.429. The number of fused-ring (bicyclic) bond motifs is 1. The van der Waals surface area contributed by atoms with Crippen molar-refractivity contribution < 1.29 is 9.59 Å². The molecule has 0 radical (unpaired) electrons. The lowest BCUT2D eigenvalue weighted by Gasteiger charge is -2.34. The van der Waals surface area contributed by atoms with Crippen LogP contribution in [0.25, 0.3) is 10.8 Å². The molecular formula is C21H25N3O2. The van der Waals surface area contributed by atoms with E-state index in [0.717, 1.165) is 49.8 Å². The van der Waals surface area contributed by atoms with Gasteiger partial charge in [-0.2, -0.15) is 0 Å². The largest absolute Gasteiger partial charge is 0.326 e. The molecule has 1 N–H and O–H groups in total. The second-order valence-corrected chi connectivity index (χ2v) is 7.29. The van der Waals surface area contributed by atoms with E-state index in [4.69, 9.17) is 0 Å². The number of rotatable bonds is 2. The molecule has 26 heavy (non-hydrogen) atoms. The normalized spacial score (nSPS) is 18.3. The van der Waals surface area contributed by atoms with Gasteiger partial charge < -0.3 is 15.1 Å². The van der Waals surface area contributed by atoms with Gasteiger partial charge in [-0.25, -0.2) is 4.79 Å². The van der Waals surface area contributed by atoms with Crippen LogP contribution >= 0.6 is 0 Å². The number of carbonyl (C=O) groups excluding carboxylic acids is 2. The lowest BCUT2D eigenvalue weighted by atomic mass is 9.96. The molecule has 5 nitrogen and oxygen atoms in total. The molecule has 2 saturated heterocycles. The van der Waals surface area contributed by atoms with E-state index in [2.05, 4.69) is 11.4 Å². The van der Waals surface area contributed by atoms with Crippen LogP contribution in [-0.4, -0.2) is 47.9 Å². The molecule has 5 heteroatoms. The quantitative estimate of drug-likeness (QED) is 0.897. The van der Waals surface area contributed by atoms with Gasteiger partial charge in [0, 0.05) is 37.8 Å². The van der Waals surface area contributed by atoms with Crippen molar-refractivity contribution in [2.45, 2.75) is 25.7 Å². The SMILES string of the molecule is O=C(Nc1ccc2ccccc2c1)C1CCN(C(=O)N2CCCC2)CC1. The third-order valence-corrected chi connectivity index (χ3v) is 5.53. The monoisotopic (exact) mass is 351 g/mol. The summed E-state index contributed by atoms with van der Waals surface area (Å²) in [5, 5.41) is 5.34. The van der Waals surface area contributed by atoms with E-state index >= 15 is 0 Å². The molecule has 136 valence electrons. The highest BCUT2D eigenvalue weighted by atomic mass is 16.2. The van der Waals surface area contributed by atoms with E-state index in [1.165, 1.54) is 5.39 Å². The van der Waals surface area contributed by atoms with E-state index in [1.54, 1.807) is 0 Å². The second-order valence-electron chi connectivity index (χ2n) is 7.29. The first-order valence-corrected chi connectivity index (χ1v) is 9.54. The molecule has 0 aromatic heterocycles. The van der Waals surface area contributed by atoms with Gasteiger partial charge in [0.25, 0.3) is 0 Å². The number of benzene rings is 2. The fourth-order valence-corrected chi connectivity index (χ4v) is 3.95. The van der Waals surface area contributed by atoms with Crippen molar-refractivity contribution in [1.82, 2.24) is 9.80 Å². The first kappa shape index (κ1) is 16.9. The highest BCUT2D eigenvalue weighted by Gasteiger charge is 2.30. The van der Waals surface area contributed by atoms with Crippen molar-refractivity contribution >= 4 is 28.4 Å². The molecule has 0 aliphatic carbocycles. The second kappa shape index (κ2) is 7.36. The predicted molar refractivity (Wildman–Crippen MR) is 103 cm³/mol. The molecule has 2 aromatic rings. The molecule has 4 rings (SSSR count). The Labute approximate surface area is 154 Å². The van der Waals surface area contributed by atoms with Gasteiger partial charge in [-0.1, -0.05) is 30.3 Å². The van der Waals surface area contributed by atoms with Crippen molar-refractivity contribution in [3.8, 4) is 0 Å². The van der Waals surface area contributed by atoms with Gasteiger partial charge in [-0.15, -0.1) is 0 Å². The van der Waals surface area contributed by atoms with Crippen LogP contribution in [-0.2, 0) is 4.79 Å². The van der Waals surface area contributed by atoms with Gasteiger partial charge in [0.1, 0.15) is 0 Å². The number of carbonyl (C=O) groups is 2. The fourth-order valence-electron chi connectivity index (χ4n) is 3.95. The average Bonchev–Trinajstić information content (AvgIpc) is 3.22. The number of nitrogens with zero attached hydrogens (tertiary/aromatic N) is 2. The van der Waals surface area contributed by atoms with Crippen LogP contribution < -0.4 is 5.32 Å². The Kier molecular flexibility index (Phi) is 4.78. The molecule has 2 aliphatic heterocycles. The Morgan fingerprint density at radius 2 is 1.50 bits per heavy atom. The number of nitrogens with one attached hydrogen (secondary N) is 1. The zero-order valence-corrected chi connectivity index (χ0v) is 15.0. The van der Waals surface area contributed by atoms with Gasteiger partial charge in [-0.3, -0.25) is 4.79 Å². The molecule has 0 atom stereocenters. The summed E-state index contributed by atoms with van der Waals surface area (Å²) in [6, 6.07) is 14.3. The third kappa shape index (κ3) is 3.52. The molecule has 3 amide bonds. The van der Waals surface area contributed by atoms with E-state index in [-0.39, 0.29) is 17.9 Å². The van der Waals surface area contributed by atoms with Crippen molar-refractivity contribution in [2.24, 2.45) is 5.92 Å². The lowest BCUT2D eigenvalue weighted by Crippen LogP contribution is -2.47. The summed E-state index contributed by atoms with van der Waals surface area (Å²) in [7, 11) is 0. The number of anilines is 1. The summed E-state index contributed by atoms with van der Waals surface area (Å²) in [5.41, 5.74) is 0.837. The first-order chi connectivity index (χ1) is 12.7. The number of hydrogen-bond acceptors (Lipinski definition) is 2. The Hall–Kier alpha value is -2.56. The number of urea groups is 1. The van der Waals surface area contributed by atoms with Gasteiger partial charge in [0.15, 0.2) is 0 Å². The van der Waals surface area contributed by atoms with Crippen LogP contribution in [0.1, 0.15) is 25.7 Å². The highest BCUT2D eigenvalue weighted by Crippen LogP contribution is 2.23. The van der Waals surface area contributed by atoms with Gasteiger partial charge in [0.2, 0.25) is 5.91 Å². The van der Waals surface area contributed by atoms with E-state index in [1.807, 2.05) is 46.2 Å². The summed E-state index contributed by atoms with van der Waals surface area (Å²) in [5.74, 6) is 0.0395. The number of likely N-dealkylation sites (tertiary alicyclic amines) is 2. The minimum absolute atomic E-state index is 0.0240. The Bertz CT molecular complexity index is 806. The zero-order chi connectivity index (χ0) is 17.9. The standard InChI is InChI=1S/C21H25N3O2/c25-20(22-19-8-7-16-5-1-2-6-18(16)15-19)17-9-13-24(14-10-17)21(26)23-11-3-4-12-23/h1-2,5-8,15,17H,3-4,9-14H2,(H,22,25). The topological polar surface area (TPSA) is 52.7 Å². The number of amides is 3. The maximum absolute atomic E-state index is 12.6. The molecule has 0 unspecified atom stereocenters. The summed E-state index contributed by atoms with van der Waals surface area (Å²) >= 11 is 0. The summed E-state index contributed by atoms with van der Waals surface area (Å²) in [6.45, 7) is 3.10. The van der Waals surface area contributed by atoms with Crippen LogP contribution in [0.3, 0.4) is 0 Å². The van der Waals surface area contributed by atoms with E-state index in [0.29, 0.717) is 13.1 Å².